The van der Waals surface area contributed by atoms with Crippen LogP contribution < -0.4 is 10.6 Å². The summed E-state index contributed by atoms with van der Waals surface area (Å²) in [4.78, 5) is 46.6. The van der Waals surface area contributed by atoms with Crippen LogP contribution in [0.3, 0.4) is 0 Å². The number of hydrogen-bond acceptors (Lipinski definition) is 6. The fourth-order valence-corrected chi connectivity index (χ4v) is 6.13. The van der Waals surface area contributed by atoms with Gasteiger partial charge in [0.25, 0.3) is 0 Å². The highest BCUT2D eigenvalue weighted by molar-refractivity contribution is 5.87. The quantitative estimate of drug-likeness (QED) is 0.560. The van der Waals surface area contributed by atoms with E-state index in [1.54, 1.807) is 4.90 Å². The molecule has 33 heavy (non-hydrogen) atoms. The molecule has 3 unspecified atom stereocenters. The van der Waals surface area contributed by atoms with E-state index < -0.39 is 6.04 Å². The third-order valence-electron chi connectivity index (χ3n) is 8.07. The molecule has 1 aliphatic carbocycles. The molecule has 9 nitrogen and oxygen atoms in total. The van der Waals surface area contributed by atoms with Crippen molar-refractivity contribution in [3.05, 3.63) is 0 Å². The molecule has 0 bridgehead atoms. The third kappa shape index (κ3) is 5.67. The van der Waals surface area contributed by atoms with Crippen molar-refractivity contribution in [2.45, 2.75) is 76.0 Å². The molecule has 4 rings (SSSR count). The van der Waals surface area contributed by atoms with Crippen molar-refractivity contribution in [2.24, 2.45) is 16.3 Å². The maximum atomic E-state index is 13.4. The second-order valence-electron chi connectivity index (χ2n) is 10.6. The van der Waals surface area contributed by atoms with Gasteiger partial charge in [0.15, 0.2) is 0 Å². The van der Waals surface area contributed by atoms with Crippen molar-refractivity contribution in [1.29, 1.82) is 0 Å². The number of likely N-dealkylation sites (tertiary alicyclic amines) is 2. The maximum Gasteiger partial charge on any atom is 0.410 e. The minimum Gasteiger partial charge on any atom is -0.446 e. The first kappa shape index (κ1) is 24.0. The second kappa shape index (κ2) is 10.4. The number of hydrogen-bond donors (Lipinski definition) is 2. The molecule has 0 aromatic heterocycles. The summed E-state index contributed by atoms with van der Waals surface area (Å²) in [5.41, 5.74) is 0.0192. The van der Waals surface area contributed by atoms with E-state index in [9.17, 15) is 14.4 Å². The lowest BCUT2D eigenvalue weighted by atomic mass is 9.84. The molecule has 4 aliphatic rings. The Morgan fingerprint density at radius 1 is 1.27 bits per heavy atom. The van der Waals surface area contributed by atoms with Crippen molar-refractivity contribution in [1.82, 2.24) is 20.4 Å². The summed E-state index contributed by atoms with van der Waals surface area (Å²) < 4.78 is 5.88. The Balaban J connectivity index is 1.42. The smallest absolute Gasteiger partial charge is 0.410 e. The predicted octanol–water partition coefficient (Wildman–Crippen LogP) is 1.56. The summed E-state index contributed by atoms with van der Waals surface area (Å²) in [6.07, 6.45) is 7.58. The molecule has 4 fully saturated rings. The van der Waals surface area contributed by atoms with Gasteiger partial charge in [-0.1, -0.05) is 12.8 Å². The average molecular weight is 462 g/mol. The zero-order chi connectivity index (χ0) is 23.4. The van der Waals surface area contributed by atoms with Gasteiger partial charge >= 0.3 is 6.09 Å². The molecular weight excluding hydrogens is 422 g/mol. The van der Waals surface area contributed by atoms with Crippen LogP contribution in [0.2, 0.25) is 0 Å². The standard InChI is InChI=1S/C24H39N5O4/c1-25-15-18(13-17-5-10-26-21(17)30)27-22(31)20-14-24(8-3-4-9-24)16-29(20)23(32)33-19-6-11-28(2)12-7-19/h17-20H,1,3-16H2,2H3,(H,26,30)(H,27,31). The number of carbonyl (C=O) groups is 3. The summed E-state index contributed by atoms with van der Waals surface area (Å²) in [7, 11) is 2.08. The van der Waals surface area contributed by atoms with Crippen molar-refractivity contribution >= 4 is 24.6 Å². The van der Waals surface area contributed by atoms with E-state index in [2.05, 4.69) is 34.3 Å². The summed E-state index contributed by atoms with van der Waals surface area (Å²) in [5.74, 6) is -0.245. The molecule has 3 aliphatic heterocycles. The molecule has 1 saturated carbocycles. The van der Waals surface area contributed by atoms with Crippen molar-refractivity contribution in [2.75, 3.05) is 39.8 Å². The first-order valence-corrected chi connectivity index (χ1v) is 12.6. The van der Waals surface area contributed by atoms with Gasteiger partial charge in [-0.25, -0.2) is 4.79 Å². The van der Waals surface area contributed by atoms with E-state index in [1.807, 2.05) is 0 Å². The lowest BCUT2D eigenvalue weighted by Gasteiger charge is -2.31. The average Bonchev–Trinajstić information content (AvgIpc) is 3.51. The number of carbonyl (C=O) groups excluding carboxylic acids is 3. The number of rotatable bonds is 7. The topological polar surface area (TPSA) is 103 Å². The summed E-state index contributed by atoms with van der Waals surface area (Å²) >= 11 is 0. The van der Waals surface area contributed by atoms with Gasteiger partial charge in [-0.15, -0.1) is 0 Å². The van der Waals surface area contributed by atoms with Gasteiger partial charge in [-0.2, -0.15) is 0 Å². The van der Waals surface area contributed by atoms with Crippen molar-refractivity contribution in [3.8, 4) is 0 Å². The van der Waals surface area contributed by atoms with E-state index in [0.29, 0.717) is 32.5 Å². The zero-order valence-electron chi connectivity index (χ0n) is 19.9. The van der Waals surface area contributed by atoms with Gasteiger partial charge in [0.05, 0.1) is 6.54 Å². The Labute approximate surface area is 196 Å². The molecule has 0 aromatic carbocycles. The van der Waals surface area contributed by atoms with Gasteiger partial charge in [-0.3, -0.25) is 19.5 Å². The molecule has 2 N–H and O–H groups in total. The zero-order valence-corrected chi connectivity index (χ0v) is 19.9. The Morgan fingerprint density at radius 3 is 2.64 bits per heavy atom. The molecule has 0 radical (unpaired) electrons. The van der Waals surface area contributed by atoms with Gasteiger partial charge in [0.2, 0.25) is 11.8 Å². The Hall–Kier alpha value is -2.16. The van der Waals surface area contributed by atoms with Crippen LogP contribution in [0.5, 0.6) is 0 Å². The molecule has 3 amide bonds. The minimum absolute atomic E-state index is 0.0192. The fourth-order valence-electron chi connectivity index (χ4n) is 6.13. The van der Waals surface area contributed by atoms with Crippen LogP contribution in [-0.4, -0.2) is 92.4 Å². The molecule has 3 saturated heterocycles. The maximum absolute atomic E-state index is 13.4. The minimum atomic E-state index is -0.536. The lowest BCUT2D eigenvalue weighted by molar-refractivity contribution is -0.127. The first-order valence-electron chi connectivity index (χ1n) is 12.6. The normalized spacial score (nSPS) is 28.6. The highest BCUT2D eigenvalue weighted by Crippen LogP contribution is 2.48. The first-order chi connectivity index (χ1) is 15.9. The van der Waals surface area contributed by atoms with E-state index in [1.165, 1.54) is 0 Å². The number of piperidine rings is 1. The molecule has 1 spiro atoms. The highest BCUT2D eigenvalue weighted by Gasteiger charge is 2.50. The number of nitrogens with one attached hydrogen (secondary N) is 2. The van der Waals surface area contributed by atoms with E-state index in [-0.39, 0.29) is 41.4 Å². The number of nitrogens with zero attached hydrogens (tertiary/aromatic N) is 3. The third-order valence-corrected chi connectivity index (χ3v) is 8.07. The molecule has 184 valence electrons. The van der Waals surface area contributed by atoms with Crippen LogP contribution in [0.25, 0.3) is 0 Å². The Bertz CT molecular complexity index is 745. The van der Waals surface area contributed by atoms with Crippen molar-refractivity contribution in [3.63, 3.8) is 0 Å². The number of aliphatic imine (C=N–C) groups is 1. The van der Waals surface area contributed by atoms with Crippen LogP contribution in [-0.2, 0) is 14.3 Å². The van der Waals surface area contributed by atoms with Crippen LogP contribution in [0.4, 0.5) is 4.79 Å². The molecular formula is C24H39N5O4. The number of ether oxygens (including phenoxy) is 1. The van der Waals surface area contributed by atoms with Gasteiger partial charge < -0.3 is 20.3 Å². The number of amides is 3. The van der Waals surface area contributed by atoms with E-state index in [4.69, 9.17) is 4.74 Å². The second-order valence-corrected chi connectivity index (χ2v) is 10.6. The molecule has 0 aromatic rings. The van der Waals surface area contributed by atoms with Crippen LogP contribution in [0.1, 0.15) is 57.8 Å². The molecule has 9 heteroatoms. The monoisotopic (exact) mass is 461 g/mol. The van der Waals surface area contributed by atoms with Gasteiger partial charge in [-0.05, 0) is 64.1 Å². The van der Waals surface area contributed by atoms with Crippen molar-refractivity contribution < 1.29 is 19.1 Å². The van der Waals surface area contributed by atoms with E-state index in [0.717, 1.165) is 58.0 Å². The summed E-state index contributed by atoms with van der Waals surface area (Å²) in [6.45, 7) is 7.03. The Kier molecular flexibility index (Phi) is 7.56. The summed E-state index contributed by atoms with van der Waals surface area (Å²) in [5, 5.41) is 5.95. The SMILES string of the molecule is C=NCC(CC1CCNC1=O)NC(=O)C1CC2(CCCC2)CN1C(=O)OC1CCN(C)CC1. The lowest BCUT2D eigenvalue weighted by Crippen LogP contribution is -2.51. The van der Waals surface area contributed by atoms with Crippen LogP contribution in [0.15, 0.2) is 4.99 Å². The van der Waals surface area contributed by atoms with Gasteiger partial charge in [0.1, 0.15) is 12.1 Å². The summed E-state index contributed by atoms with van der Waals surface area (Å²) in [6, 6.07) is -0.803. The Morgan fingerprint density at radius 2 is 2.00 bits per heavy atom. The van der Waals surface area contributed by atoms with E-state index >= 15 is 0 Å². The molecule has 3 heterocycles. The van der Waals surface area contributed by atoms with Crippen LogP contribution >= 0.6 is 0 Å². The van der Waals surface area contributed by atoms with Crippen LogP contribution in [0, 0.1) is 11.3 Å². The van der Waals surface area contributed by atoms with Gasteiger partial charge in [0, 0.05) is 38.1 Å². The largest absolute Gasteiger partial charge is 0.446 e. The molecule has 3 atom stereocenters. The fraction of sp³-hybridized carbons (Fsp3) is 0.833. The highest BCUT2D eigenvalue weighted by atomic mass is 16.6. The predicted molar refractivity (Wildman–Crippen MR) is 125 cm³/mol.